The molecule has 226 valence electrons. The zero-order chi connectivity index (χ0) is 31.3. The molecule has 2 aromatic carbocycles. The molecule has 3 amide bonds. The van der Waals surface area contributed by atoms with Crippen molar-refractivity contribution in [3.63, 3.8) is 0 Å². The summed E-state index contributed by atoms with van der Waals surface area (Å²) in [5.41, 5.74) is 4.57. The number of carbonyl (C=O) groups is 2. The van der Waals surface area contributed by atoms with Gasteiger partial charge in [-0.1, -0.05) is 39.8 Å². The van der Waals surface area contributed by atoms with Gasteiger partial charge in [0.2, 0.25) is 5.91 Å². The lowest BCUT2D eigenvalue weighted by atomic mass is 9.88. The predicted molar refractivity (Wildman–Crippen MR) is 173 cm³/mol. The van der Waals surface area contributed by atoms with Crippen LogP contribution >= 0.6 is 0 Å². The number of pyridine rings is 2. The maximum absolute atomic E-state index is 14.2. The number of rotatable bonds is 10. The summed E-state index contributed by atoms with van der Waals surface area (Å²) in [4.78, 5) is 50.6. The van der Waals surface area contributed by atoms with E-state index in [1.54, 1.807) is 36.4 Å². The van der Waals surface area contributed by atoms with E-state index in [0.717, 1.165) is 28.0 Å². The Morgan fingerprint density at radius 1 is 0.930 bits per heavy atom. The third-order valence-electron chi connectivity index (χ3n) is 7.62. The Balaban J connectivity index is 1.83. The normalized spacial score (nSPS) is 11.2. The molecule has 4 rings (SSSR count). The fourth-order valence-electron chi connectivity index (χ4n) is 5.19. The molecule has 2 heterocycles. The lowest BCUT2D eigenvalue weighted by molar-refractivity contribution is -0.129. The monoisotopic (exact) mass is 583 g/mol. The van der Waals surface area contributed by atoms with Crippen LogP contribution in [0, 0.1) is 0 Å². The average molecular weight is 584 g/mol. The number of methoxy groups -OCH3 is 1. The largest absolute Gasteiger partial charge is 0.497 e. The number of nitrogens with zero attached hydrogens (tertiary/aromatic N) is 3. The summed E-state index contributed by atoms with van der Waals surface area (Å²) in [6, 6.07) is 16.6. The van der Waals surface area contributed by atoms with Crippen LogP contribution in [0.1, 0.15) is 64.5 Å². The Morgan fingerprint density at radius 2 is 1.60 bits per heavy atom. The molecule has 0 bridgehead atoms. The number of H-pyrrole nitrogens is 1. The number of anilines is 2. The fourth-order valence-corrected chi connectivity index (χ4v) is 5.19. The Kier molecular flexibility index (Phi) is 9.85. The van der Waals surface area contributed by atoms with E-state index in [9.17, 15) is 14.4 Å². The molecule has 0 aliphatic rings. The minimum absolute atomic E-state index is 0.0688. The van der Waals surface area contributed by atoms with Gasteiger partial charge in [-0.15, -0.1) is 0 Å². The van der Waals surface area contributed by atoms with Crippen molar-refractivity contribution in [3.8, 4) is 16.9 Å². The molecule has 0 aliphatic carbocycles. The van der Waals surface area contributed by atoms with E-state index in [-0.39, 0.29) is 30.0 Å². The number of benzene rings is 2. The van der Waals surface area contributed by atoms with Crippen LogP contribution < -0.4 is 20.5 Å². The number of fused-ring (bicyclic) bond motifs is 1. The van der Waals surface area contributed by atoms with Gasteiger partial charge in [0.15, 0.2) is 0 Å². The molecule has 4 aromatic rings. The lowest BCUT2D eigenvalue weighted by Gasteiger charge is -2.28. The van der Waals surface area contributed by atoms with Crippen LogP contribution in [0.5, 0.6) is 5.75 Å². The maximum atomic E-state index is 14.2. The number of amides is 3. The third-order valence-corrected chi connectivity index (χ3v) is 7.62. The van der Waals surface area contributed by atoms with Gasteiger partial charge in [-0.3, -0.25) is 14.5 Å². The van der Waals surface area contributed by atoms with E-state index in [1.165, 1.54) is 4.90 Å². The average Bonchev–Trinajstić information content (AvgIpc) is 3.00. The second-order valence-electron chi connectivity index (χ2n) is 11.1. The Hall–Kier alpha value is -4.66. The first-order valence-corrected chi connectivity index (χ1v) is 14.7. The first-order valence-electron chi connectivity index (χ1n) is 14.7. The zero-order valence-corrected chi connectivity index (χ0v) is 26.0. The van der Waals surface area contributed by atoms with Gasteiger partial charge in [-0.25, -0.2) is 9.78 Å². The quantitative estimate of drug-likeness (QED) is 0.215. The van der Waals surface area contributed by atoms with Crippen LogP contribution in [0.15, 0.2) is 65.6 Å². The third kappa shape index (κ3) is 6.88. The van der Waals surface area contributed by atoms with Gasteiger partial charge in [0.1, 0.15) is 23.6 Å². The van der Waals surface area contributed by atoms with Gasteiger partial charge in [0, 0.05) is 30.4 Å². The number of nitrogens with one attached hydrogen (secondary N) is 2. The highest BCUT2D eigenvalue weighted by molar-refractivity contribution is 6.06. The number of aromatic amines is 1. The second-order valence-corrected chi connectivity index (χ2v) is 11.1. The summed E-state index contributed by atoms with van der Waals surface area (Å²) in [5, 5.41) is 3.77. The van der Waals surface area contributed by atoms with Crippen LogP contribution in [0.4, 0.5) is 16.2 Å². The summed E-state index contributed by atoms with van der Waals surface area (Å²) in [6.45, 7) is 12.8. The van der Waals surface area contributed by atoms with Crippen LogP contribution in [0.25, 0.3) is 22.2 Å². The van der Waals surface area contributed by atoms with Crippen LogP contribution in [0.3, 0.4) is 0 Å². The van der Waals surface area contributed by atoms with Crippen molar-refractivity contribution in [2.24, 2.45) is 0 Å². The van der Waals surface area contributed by atoms with Crippen molar-refractivity contribution in [2.45, 2.75) is 53.4 Å². The van der Waals surface area contributed by atoms with Crippen molar-refractivity contribution in [2.75, 3.05) is 37.0 Å². The first kappa shape index (κ1) is 31.3. The highest BCUT2D eigenvalue weighted by atomic mass is 16.5. The van der Waals surface area contributed by atoms with Gasteiger partial charge in [0.05, 0.1) is 7.11 Å². The first-order chi connectivity index (χ1) is 20.6. The number of hydrogen-bond donors (Lipinski definition) is 2. The van der Waals surface area contributed by atoms with E-state index >= 15 is 0 Å². The molecule has 43 heavy (non-hydrogen) atoms. The van der Waals surface area contributed by atoms with Crippen molar-refractivity contribution in [1.82, 2.24) is 14.9 Å². The lowest BCUT2D eigenvalue weighted by Crippen LogP contribution is -2.46. The summed E-state index contributed by atoms with van der Waals surface area (Å²) in [5.74, 6) is 0.641. The summed E-state index contributed by atoms with van der Waals surface area (Å²) in [6.07, 6.45) is 1.59. The molecule has 9 heteroatoms. The molecule has 0 fully saturated rings. The fraction of sp³-hybridized carbons (Fsp3) is 0.353. The summed E-state index contributed by atoms with van der Waals surface area (Å²) >= 11 is 0. The Morgan fingerprint density at radius 3 is 2.21 bits per heavy atom. The van der Waals surface area contributed by atoms with Crippen LogP contribution in [-0.4, -0.2) is 53.6 Å². The SMILES string of the molecule is CCN(CC)C(=O)CN(C(=O)Nc1c(C(C)C)cc(-c2cccc(OC)c2)cc1C(C)C)c1cc2cccnc2[nH]c1=O. The van der Waals surface area contributed by atoms with E-state index in [0.29, 0.717) is 29.8 Å². The van der Waals surface area contributed by atoms with Crippen molar-refractivity contribution in [3.05, 3.63) is 82.3 Å². The van der Waals surface area contributed by atoms with E-state index < -0.39 is 11.6 Å². The molecule has 2 N–H and O–H groups in total. The molecule has 0 spiro atoms. The van der Waals surface area contributed by atoms with Gasteiger partial charge in [-0.05, 0) is 90.4 Å². The molecular formula is C34H41N5O4. The molecule has 2 aromatic heterocycles. The number of ether oxygens (including phenoxy) is 1. The Bertz CT molecular complexity index is 1640. The van der Waals surface area contributed by atoms with Crippen molar-refractivity contribution < 1.29 is 14.3 Å². The second kappa shape index (κ2) is 13.5. The predicted octanol–water partition coefficient (Wildman–Crippen LogP) is 6.75. The standard InChI is InChI=1S/C34H41N5O4/c1-8-38(9-2)30(40)20-39(29-19-24-13-11-15-35-32(24)37-33(29)41)34(42)36-31-27(21(3)4)17-25(18-28(31)22(5)6)23-12-10-14-26(16-23)43-7/h10-19,21-22H,8-9,20H2,1-7H3,(H,36,42)(H,35,37,41). The van der Waals surface area contributed by atoms with Gasteiger partial charge in [-0.2, -0.15) is 0 Å². The summed E-state index contributed by atoms with van der Waals surface area (Å²) < 4.78 is 5.45. The molecule has 0 saturated heterocycles. The number of urea groups is 1. The molecule has 0 radical (unpaired) electrons. The van der Waals surface area contributed by atoms with Crippen LogP contribution in [-0.2, 0) is 4.79 Å². The minimum atomic E-state index is -0.563. The number of carbonyl (C=O) groups excluding carboxylic acids is 2. The maximum Gasteiger partial charge on any atom is 0.326 e. The van der Waals surface area contributed by atoms with Gasteiger partial charge >= 0.3 is 6.03 Å². The number of likely N-dealkylation sites (N-methyl/N-ethyl adjacent to an activating group) is 1. The topological polar surface area (TPSA) is 108 Å². The Labute approximate surface area is 252 Å². The smallest absolute Gasteiger partial charge is 0.326 e. The van der Waals surface area contributed by atoms with E-state index in [2.05, 4.69) is 55.1 Å². The zero-order valence-electron chi connectivity index (χ0n) is 26.0. The molecule has 0 aliphatic heterocycles. The molecule has 0 atom stereocenters. The van der Waals surface area contributed by atoms with Crippen molar-refractivity contribution in [1.29, 1.82) is 0 Å². The molecule has 0 saturated carbocycles. The van der Waals surface area contributed by atoms with E-state index in [4.69, 9.17) is 4.74 Å². The van der Waals surface area contributed by atoms with Gasteiger partial charge in [0.25, 0.3) is 5.56 Å². The number of hydrogen-bond acceptors (Lipinski definition) is 5. The molecular weight excluding hydrogens is 542 g/mol. The van der Waals surface area contributed by atoms with E-state index in [1.807, 2.05) is 38.1 Å². The summed E-state index contributed by atoms with van der Waals surface area (Å²) in [7, 11) is 1.64. The van der Waals surface area contributed by atoms with Crippen LogP contribution in [0.2, 0.25) is 0 Å². The molecule has 0 unspecified atom stereocenters. The minimum Gasteiger partial charge on any atom is -0.497 e. The van der Waals surface area contributed by atoms with Gasteiger partial charge < -0.3 is 19.9 Å². The van der Waals surface area contributed by atoms with Crippen molar-refractivity contribution >= 4 is 34.3 Å². The number of aromatic nitrogens is 2. The molecule has 9 nitrogen and oxygen atoms in total. The highest BCUT2D eigenvalue weighted by Gasteiger charge is 2.27. The highest BCUT2D eigenvalue weighted by Crippen LogP contribution is 2.38.